The molecule has 0 saturated carbocycles. The van der Waals surface area contributed by atoms with E-state index in [0.29, 0.717) is 13.1 Å². The second-order valence-electron chi connectivity index (χ2n) is 9.56. The first-order valence-corrected chi connectivity index (χ1v) is 11.2. The van der Waals surface area contributed by atoms with Gasteiger partial charge in [0.15, 0.2) is 5.82 Å². The Balaban J connectivity index is 1.21. The van der Waals surface area contributed by atoms with Gasteiger partial charge in [-0.15, -0.1) is 5.10 Å². The van der Waals surface area contributed by atoms with Crippen molar-refractivity contribution in [2.24, 2.45) is 11.3 Å². The number of rotatable bonds is 5. The monoisotopic (exact) mass is 437 g/mol. The molecule has 1 N–H and O–H groups in total. The molecule has 2 amide bonds. The summed E-state index contributed by atoms with van der Waals surface area (Å²) in [6.07, 6.45) is 3.38. The molecule has 1 aromatic heterocycles. The van der Waals surface area contributed by atoms with E-state index in [1.54, 1.807) is 6.20 Å². The number of carbonyl (C=O) groups is 2. The molecule has 0 bridgehead atoms. The largest absolute Gasteiger partial charge is 0.490 e. The summed E-state index contributed by atoms with van der Waals surface area (Å²) in [7, 11) is 0. The van der Waals surface area contributed by atoms with Crippen molar-refractivity contribution in [2.45, 2.75) is 39.7 Å². The first-order valence-electron chi connectivity index (χ1n) is 11.2. The van der Waals surface area contributed by atoms with Crippen molar-refractivity contribution < 1.29 is 14.3 Å². The van der Waals surface area contributed by atoms with Crippen LogP contribution in [0.4, 0.5) is 11.5 Å². The fourth-order valence-electron chi connectivity index (χ4n) is 4.00. The van der Waals surface area contributed by atoms with E-state index in [4.69, 9.17) is 4.74 Å². The van der Waals surface area contributed by atoms with Crippen LogP contribution < -0.4 is 15.0 Å². The molecular formula is C24H31N5O3. The van der Waals surface area contributed by atoms with E-state index in [1.165, 1.54) is 0 Å². The van der Waals surface area contributed by atoms with Crippen molar-refractivity contribution in [1.82, 2.24) is 15.1 Å². The van der Waals surface area contributed by atoms with Gasteiger partial charge in [0.05, 0.1) is 5.92 Å². The smallest absolute Gasteiger partial charge is 0.231 e. The van der Waals surface area contributed by atoms with Crippen LogP contribution in [0.15, 0.2) is 42.6 Å². The minimum absolute atomic E-state index is 0.00898. The average Bonchev–Trinajstić information content (AvgIpc) is 2.74. The van der Waals surface area contributed by atoms with Crippen molar-refractivity contribution >= 4 is 23.3 Å². The lowest BCUT2D eigenvalue weighted by molar-refractivity contribution is -0.141. The van der Waals surface area contributed by atoms with Gasteiger partial charge in [-0.3, -0.25) is 9.59 Å². The first kappa shape index (κ1) is 22.0. The number of hydrogen-bond donors (Lipinski definition) is 1. The summed E-state index contributed by atoms with van der Waals surface area (Å²) in [6.45, 7) is 8.60. The van der Waals surface area contributed by atoms with Crippen molar-refractivity contribution in [3.05, 3.63) is 42.6 Å². The third-order valence-corrected chi connectivity index (χ3v) is 5.93. The quantitative estimate of drug-likeness (QED) is 0.774. The Labute approximate surface area is 188 Å². The van der Waals surface area contributed by atoms with Crippen molar-refractivity contribution in [2.75, 3.05) is 36.4 Å². The number of piperidine rings is 1. The first-order chi connectivity index (χ1) is 15.3. The molecule has 8 nitrogen and oxygen atoms in total. The van der Waals surface area contributed by atoms with Crippen LogP contribution >= 0.6 is 0 Å². The topological polar surface area (TPSA) is 87.7 Å². The highest BCUT2D eigenvalue weighted by Gasteiger charge is 2.34. The lowest BCUT2D eigenvalue weighted by Gasteiger charge is -2.38. The summed E-state index contributed by atoms with van der Waals surface area (Å²) in [5.41, 5.74) is 0.410. The lowest BCUT2D eigenvalue weighted by atomic mass is 9.93. The molecule has 2 aromatic rings. The molecule has 0 unspecified atom stereocenters. The maximum Gasteiger partial charge on any atom is 0.231 e. The maximum absolute atomic E-state index is 12.5. The van der Waals surface area contributed by atoms with E-state index in [2.05, 4.69) is 15.5 Å². The molecule has 2 aliphatic heterocycles. The fourth-order valence-corrected chi connectivity index (χ4v) is 4.00. The van der Waals surface area contributed by atoms with Gasteiger partial charge < -0.3 is 19.9 Å². The number of carbonyl (C=O) groups excluding carboxylic acids is 2. The zero-order valence-corrected chi connectivity index (χ0v) is 19.0. The molecule has 0 atom stereocenters. The SMILES string of the molecule is CC(C)(C)C(=O)N1CCC(Oc2ccc(NC(=O)C3CN(c4cccnn4)C3)cc2)CC1. The molecule has 0 aliphatic carbocycles. The van der Waals surface area contributed by atoms with Gasteiger partial charge in [0.2, 0.25) is 11.8 Å². The molecule has 0 spiro atoms. The van der Waals surface area contributed by atoms with Crippen LogP contribution in [-0.4, -0.2) is 59.2 Å². The van der Waals surface area contributed by atoms with Gasteiger partial charge in [-0.05, 0) is 36.4 Å². The Morgan fingerprint density at radius 1 is 1.06 bits per heavy atom. The number of nitrogens with zero attached hydrogens (tertiary/aromatic N) is 4. The molecule has 2 fully saturated rings. The van der Waals surface area contributed by atoms with Gasteiger partial charge in [-0.25, -0.2) is 0 Å². The molecule has 32 heavy (non-hydrogen) atoms. The molecule has 3 heterocycles. The van der Waals surface area contributed by atoms with Gasteiger partial charge in [0.25, 0.3) is 0 Å². The molecule has 170 valence electrons. The minimum atomic E-state index is -0.346. The number of benzene rings is 1. The Hall–Kier alpha value is -3.16. The van der Waals surface area contributed by atoms with Crippen LogP contribution in [0.5, 0.6) is 5.75 Å². The predicted molar refractivity (Wildman–Crippen MR) is 122 cm³/mol. The summed E-state index contributed by atoms with van der Waals surface area (Å²) in [6, 6.07) is 11.2. The second kappa shape index (κ2) is 9.14. The van der Waals surface area contributed by atoms with E-state index in [-0.39, 0.29) is 29.3 Å². The third-order valence-electron chi connectivity index (χ3n) is 5.93. The molecule has 4 rings (SSSR count). The maximum atomic E-state index is 12.5. The van der Waals surface area contributed by atoms with Gasteiger partial charge >= 0.3 is 0 Å². The summed E-state index contributed by atoms with van der Waals surface area (Å²) < 4.78 is 6.10. The van der Waals surface area contributed by atoms with Gasteiger partial charge in [0.1, 0.15) is 11.9 Å². The van der Waals surface area contributed by atoms with Gasteiger partial charge in [-0.1, -0.05) is 20.8 Å². The predicted octanol–water partition coefficient (Wildman–Crippen LogP) is 2.97. The van der Waals surface area contributed by atoms with Crippen molar-refractivity contribution in [1.29, 1.82) is 0 Å². The average molecular weight is 438 g/mol. The number of nitrogens with one attached hydrogen (secondary N) is 1. The Morgan fingerprint density at radius 2 is 1.75 bits per heavy atom. The number of likely N-dealkylation sites (tertiary alicyclic amines) is 1. The molecule has 1 aromatic carbocycles. The number of hydrogen-bond acceptors (Lipinski definition) is 6. The zero-order chi connectivity index (χ0) is 22.7. The number of ether oxygens (including phenoxy) is 1. The van der Waals surface area contributed by atoms with E-state index in [1.807, 2.05) is 67.0 Å². The van der Waals surface area contributed by atoms with Crippen LogP contribution in [0.25, 0.3) is 0 Å². The molecular weight excluding hydrogens is 406 g/mol. The van der Waals surface area contributed by atoms with Crippen LogP contribution in [0.3, 0.4) is 0 Å². The standard InChI is InChI=1S/C24H31N5O3/c1-24(2,3)23(31)28-13-10-20(11-14-28)32-19-8-6-18(7-9-19)26-22(30)17-15-29(16-17)21-5-4-12-25-27-21/h4-9,12,17,20H,10-11,13-16H2,1-3H3,(H,26,30). The third kappa shape index (κ3) is 5.18. The van der Waals surface area contributed by atoms with Crippen LogP contribution in [0.2, 0.25) is 0 Å². The lowest BCUT2D eigenvalue weighted by Crippen LogP contribution is -2.52. The van der Waals surface area contributed by atoms with E-state index in [0.717, 1.165) is 43.2 Å². The molecule has 2 saturated heterocycles. The Kier molecular flexibility index (Phi) is 6.30. The van der Waals surface area contributed by atoms with E-state index >= 15 is 0 Å². The van der Waals surface area contributed by atoms with Crippen molar-refractivity contribution in [3.63, 3.8) is 0 Å². The van der Waals surface area contributed by atoms with Crippen LogP contribution in [-0.2, 0) is 9.59 Å². The van der Waals surface area contributed by atoms with Gasteiger partial charge in [0, 0.05) is 56.3 Å². The molecule has 8 heteroatoms. The number of aromatic nitrogens is 2. The molecule has 2 aliphatic rings. The Morgan fingerprint density at radius 3 is 2.34 bits per heavy atom. The fraction of sp³-hybridized carbons (Fsp3) is 0.500. The zero-order valence-electron chi connectivity index (χ0n) is 19.0. The van der Waals surface area contributed by atoms with Crippen LogP contribution in [0.1, 0.15) is 33.6 Å². The Bertz CT molecular complexity index is 928. The number of amides is 2. The minimum Gasteiger partial charge on any atom is -0.490 e. The van der Waals surface area contributed by atoms with E-state index < -0.39 is 0 Å². The highest BCUT2D eigenvalue weighted by Crippen LogP contribution is 2.26. The second-order valence-corrected chi connectivity index (χ2v) is 9.56. The van der Waals surface area contributed by atoms with Crippen LogP contribution in [0, 0.1) is 11.3 Å². The number of anilines is 2. The summed E-state index contributed by atoms with van der Waals surface area (Å²) in [5, 5.41) is 10.9. The summed E-state index contributed by atoms with van der Waals surface area (Å²) in [5.74, 6) is 1.72. The summed E-state index contributed by atoms with van der Waals surface area (Å²) in [4.78, 5) is 28.9. The van der Waals surface area contributed by atoms with Gasteiger partial charge in [-0.2, -0.15) is 5.10 Å². The normalized spacial score (nSPS) is 17.6. The summed E-state index contributed by atoms with van der Waals surface area (Å²) >= 11 is 0. The van der Waals surface area contributed by atoms with Crippen molar-refractivity contribution in [3.8, 4) is 5.75 Å². The van der Waals surface area contributed by atoms with E-state index in [9.17, 15) is 9.59 Å². The highest BCUT2D eigenvalue weighted by molar-refractivity contribution is 5.94. The highest BCUT2D eigenvalue weighted by atomic mass is 16.5. The molecule has 0 radical (unpaired) electrons.